The molecule has 0 aliphatic rings. The van der Waals surface area contributed by atoms with Gasteiger partial charge in [-0.2, -0.15) is 0 Å². The number of carbonyl (C=O) groups excluding carboxylic acids is 2. The lowest BCUT2D eigenvalue weighted by Gasteiger charge is -2.16. The average molecular weight is 415 g/mol. The average Bonchev–Trinajstić information content (AvgIpc) is 3.19. The minimum absolute atomic E-state index is 0.0706. The summed E-state index contributed by atoms with van der Waals surface area (Å²) in [5.74, 6) is -0.734. The third-order valence-corrected chi connectivity index (χ3v) is 4.46. The van der Waals surface area contributed by atoms with E-state index in [9.17, 15) is 19.2 Å². The monoisotopic (exact) mass is 415 g/mol. The van der Waals surface area contributed by atoms with Crippen molar-refractivity contribution in [1.29, 1.82) is 0 Å². The Labute approximate surface area is 170 Å². The van der Waals surface area contributed by atoms with Crippen molar-refractivity contribution in [3.63, 3.8) is 0 Å². The van der Waals surface area contributed by atoms with E-state index in [1.165, 1.54) is 36.5 Å². The summed E-state index contributed by atoms with van der Waals surface area (Å²) in [6, 6.07) is 9.10. The molecule has 3 rings (SSSR count). The maximum atomic E-state index is 12.5. The quantitative estimate of drug-likeness (QED) is 0.578. The number of aromatic nitrogens is 4. The number of rotatable bonds is 6. The number of fused-ring (bicyclic) bond motifs is 1. The smallest absolute Gasteiger partial charge is 0.407 e. The van der Waals surface area contributed by atoms with Gasteiger partial charge in [-0.25, -0.2) is 14.6 Å². The number of nitrogens with one attached hydrogen (secondary N) is 1. The molecular formula is C19H21N5O6. The van der Waals surface area contributed by atoms with E-state index >= 15 is 0 Å². The molecule has 0 bridgehead atoms. The molecule has 30 heavy (non-hydrogen) atoms. The van der Waals surface area contributed by atoms with Crippen molar-refractivity contribution in [1.82, 2.24) is 24.0 Å². The molecule has 0 aliphatic heterocycles. The molecule has 1 amide bonds. The molecule has 2 heterocycles. The van der Waals surface area contributed by atoms with Gasteiger partial charge in [-0.15, -0.1) is 0 Å². The van der Waals surface area contributed by atoms with Gasteiger partial charge < -0.3 is 14.8 Å². The Hall–Kier alpha value is -3.89. The zero-order valence-corrected chi connectivity index (χ0v) is 16.7. The molecule has 3 aromatic rings. The van der Waals surface area contributed by atoms with Crippen molar-refractivity contribution in [2.24, 2.45) is 14.1 Å². The Morgan fingerprint density at radius 1 is 1.13 bits per heavy atom. The Morgan fingerprint density at radius 3 is 2.53 bits per heavy atom. The lowest BCUT2D eigenvalue weighted by molar-refractivity contribution is -0.151. The molecule has 0 radical (unpaired) electrons. The summed E-state index contributed by atoms with van der Waals surface area (Å²) in [7, 11) is 2.84. The topological polar surface area (TPSA) is 126 Å². The van der Waals surface area contributed by atoms with E-state index in [-0.39, 0.29) is 17.8 Å². The zero-order valence-electron chi connectivity index (χ0n) is 16.7. The van der Waals surface area contributed by atoms with Gasteiger partial charge in [-0.05, 0) is 12.5 Å². The molecule has 0 aliphatic carbocycles. The number of imidazole rings is 1. The van der Waals surface area contributed by atoms with Crippen LogP contribution >= 0.6 is 0 Å². The highest BCUT2D eigenvalue weighted by molar-refractivity contribution is 5.78. The number of aryl methyl sites for hydroxylation is 1. The van der Waals surface area contributed by atoms with Crippen LogP contribution in [0.4, 0.5) is 4.79 Å². The van der Waals surface area contributed by atoms with Gasteiger partial charge >= 0.3 is 17.8 Å². The fourth-order valence-corrected chi connectivity index (χ4v) is 2.85. The summed E-state index contributed by atoms with van der Waals surface area (Å²) in [6.45, 7) is 1.19. The van der Waals surface area contributed by atoms with Gasteiger partial charge in [-0.1, -0.05) is 30.3 Å². The first-order valence-electron chi connectivity index (χ1n) is 9.06. The van der Waals surface area contributed by atoms with Gasteiger partial charge in [-0.3, -0.25) is 23.3 Å². The van der Waals surface area contributed by atoms with Crippen LogP contribution in [0.1, 0.15) is 18.7 Å². The van der Waals surface area contributed by atoms with Crippen LogP contribution in [0.25, 0.3) is 11.2 Å². The van der Waals surface area contributed by atoms with E-state index in [1.54, 1.807) is 12.1 Å². The summed E-state index contributed by atoms with van der Waals surface area (Å²) in [6.07, 6.45) is -0.347. The molecule has 2 aromatic heterocycles. The molecule has 0 saturated heterocycles. The van der Waals surface area contributed by atoms with E-state index < -0.39 is 36.1 Å². The standard InChI is InChI=1S/C19H21N5O6/c1-12(24-11-21-16-15(24)17(26)23(3)19(28)22(16)2)30-14(25)9-20-18(27)29-10-13-7-5-4-6-8-13/h4-8,11-12H,9-10H2,1-3H3,(H,20,27). The summed E-state index contributed by atoms with van der Waals surface area (Å²) in [5, 5.41) is 2.31. The number of amides is 1. The number of esters is 1. The summed E-state index contributed by atoms with van der Waals surface area (Å²) in [4.78, 5) is 52.3. The van der Waals surface area contributed by atoms with Crippen LogP contribution in [0.3, 0.4) is 0 Å². The first-order chi connectivity index (χ1) is 14.3. The van der Waals surface area contributed by atoms with Gasteiger partial charge in [0.05, 0.1) is 0 Å². The third kappa shape index (κ3) is 4.24. The van der Waals surface area contributed by atoms with Gasteiger partial charge in [0.15, 0.2) is 17.4 Å². The molecule has 158 valence electrons. The summed E-state index contributed by atoms with van der Waals surface area (Å²) in [5.41, 5.74) is 0.0345. The second kappa shape index (κ2) is 8.64. The Kier molecular flexibility index (Phi) is 6.00. The fourth-order valence-electron chi connectivity index (χ4n) is 2.85. The van der Waals surface area contributed by atoms with E-state index in [2.05, 4.69) is 10.3 Å². The second-order valence-electron chi connectivity index (χ2n) is 6.53. The van der Waals surface area contributed by atoms with Crippen molar-refractivity contribution in [3.05, 3.63) is 63.1 Å². The van der Waals surface area contributed by atoms with Crippen LogP contribution in [-0.4, -0.2) is 37.3 Å². The highest BCUT2D eigenvalue weighted by atomic mass is 16.6. The molecule has 1 atom stereocenters. The van der Waals surface area contributed by atoms with Crippen molar-refractivity contribution >= 4 is 23.2 Å². The van der Waals surface area contributed by atoms with Gasteiger partial charge in [0.25, 0.3) is 5.56 Å². The Balaban J connectivity index is 1.60. The second-order valence-corrected chi connectivity index (χ2v) is 6.53. The first-order valence-corrected chi connectivity index (χ1v) is 9.06. The molecule has 0 spiro atoms. The van der Waals surface area contributed by atoms with Crippen LogP contribution in [-0.2, 0) is 35.0 Å². The van der Waals surface area contributed by atoms with Gasteiger partial charge in [0, 0.05) is 14.1 Å². The number of carbonyl (C=O) groups is 2. The lowest BCUT2D eigenvalue weighted by Crippen LogP contribution is -2.38. The summed E-state index contributed by atoms with van der Waals surface area (Å²) < 4.78 is 13.8. The molecule has 1 aromatic carbocycles. The van der Waals surface area contributed by atoms with Gasteiger partial charge in [0.1, 0.15) is 19.5 Å². The number of nitrogens with zero attached hydrogens (tertiary/aromatic N) is 4. The normalized spacial score (nSPS) is 11.8. The van der Waals surface area contributed by atoms with E-state index in [4.69, 9.17) is 9.47 Å². The highest BCUT2D eigenvalue weighted by Crippen LogP contribution is 2.14. The van der Waals surface area contributed by atoms with Crippen LogP contribution in [0.5, 0.6) is 0 Å². The Bertz CT molecular complexity index is 1190. The number of hydrogen-bond donors (Lipinski definition) is 1. The number of ether oxygens (including phenoxy) is 2. The number of benzene rings is 1. The van der Waals surface area contributed by atoms with Crippen LogP contribution < -0.4 is 16.6 Å². The molecule has 0 saturated carbocycles. The molecule has 11 nitrogen and oxygen atoms in total. The van der Waals surface area contributed by atoms with E-state index in [1.807, 2.05) is 18.2 Å². The van der Waals surface area contributed by atoms with Crippen molar-refractivity contribution in [3.8, 4) is 0 Å². The van der Waals surface area contributed by atoms with Crippen LogP contribution in [0.15, 0.2) is 46.2 Å². The molecule has 1 unspecified atom stereocenters. The van der Waals surface area contributed by atoms with Crippen molar-refractivity contribution in [2.75, 3.05) is 6.54 Å². The first kappa shape index (κ1) is 20.8. The van der Waals surface area contributed by atoms with Crippen LogP contribution in [0, 0.1) is 0 Å². The minimum Gasteiger partial charge on any atom is -0.445 e. The molecule has 0 fully saturated rings. The summed E-state index contributed by atoms with van der Waals surface area (Å²) >= 11 is 0. The number of alkyl carbamates (subject to hydrolysis) is 1. The number of hydrogen-bond acceptors (Lipinski definition) is 7. The zero-order chi connectivity index (χ0) is 21.8. The predicted octanol–water partition coefficient (Wildman–Crippen LogP) is 0.422. The molecular weight excluding hydrogens is 394 g/mol. The Morgan fingerprint density at radius 2 is 1.83 bits per heavy atom. The minimum atomic E-state index is -0.894. The van der Waals surface area contributed by atoms with E-state index in [0.717, 1.165) is 10.1 Å². The largest absolute Gasteiger partial charge is 0.445 e. The third-order valence-electron chi connectivity index (χ3n) is 4.46. The maximum Gasteiger partial charge on any atom is 0.407 e. The highest BCUT2D eigenvalue weighted by Gasteiger charge is 2.20. The maximum absolute atomic E-state index is 12.5. The van der Waals surface area contributed by atoms with Crippen molar-refractivity contribution < 1.29 is 19.1 Å². The van der Waals surface area contributed by atoms with Crippen LogP contribution in [0.2, 0.25) is 0 Å². The lowest BCUT2D eigenvalue weighted by atomic mass is 10.2. The predicted molar refractivity (Wildman–Crippen MR) is 106 cm³/mol. The molecule has 1 N–H and O–H groups in total. The fraction of sp³-hybridized carbons (Fsp3) is 0.316. The SMILES string of the molecule is CC(OC(=O)CNC(=O)OCc1ccccc1)n1cnc2c1c(=O)n(C)c(=O)n2C. The van der Waals surface area contributed by atoms with Crippen molar-refractivity contribution in [2.45, 2.75) is 19.8 Å². The molecule has 11 heteroatoms. The van der Waals surface area contributed by atoms with E-state index in [0.29, 0.717) is 0 Å². The van der Waals surface area contributed by atoms with Gasteiger partial charge in [0.2, 0.25) is 0 Å².